The van der Waals surface area contributed by atoms with Gasteiger partial charge >= 0.3 is 0 Å². The van der Waals surface area contributed by atoms with E-state index in [1.807, 2.05) is 0 Å². The van der Waals surface area contributed by atoms with E-state index in [0.717, 1.165) is 7.53 Å². The molecule has 0 aliphatic carbocycles. The Morgan fingerprint density at radius 3 is 1.31 bits per heavy atom. The van der Waals surface area contributed by atoms with E-state index in [4.69, 9.17) is 0 Å². The molecule has 3 aromatic carbocycles. The maximum absolute atomic E-state index is 4.69. The summed E-state index contributed by atoms with van der Waals surface area (Å²) in [5, 5.41) is 0. The lowest BCUT2D eigenvalue weighted by Crippen LogP contribution is -2.38. The van der Waals surface area contributed by atoms with Crippen molar-refractivity contribution in [2.45, 2.75) is 5.54 Å². The van der Waals surface area contributed by atoms with Gasteiger partial charge in [-0.3, -0.25) is 0 Å². The lowest BCUT2D eigenvalue weighted by molar-refractivity contribution is 0.503. The number of benzene rings is 3. The van der Waals surface area contributed by atoms with Crippen molar-refractivity contribution in [1.29, 1.82) is 0 Å². The molecule has 0 saturated heterocycles. The number of nitrogens with zero attached hydrogens (tertiary/aromatic N) is 2. The highest BCUT2D eigenvalue weighted by atomic mass is 127. The molecule has 26 heavy (non-hydrogen) atoms. The summed E-state index contributed by atoms with van der Waals surface area (Å²) in [6, 6.07) is 32.0. The minimum atomic E-state index is -0.475. The first-order valence-electron chi connectivity index (χ1n) is 8.30. The van der Waals surface area contributed by atoms with Crippen LogP contribution in [0.15, 0.2) is 97.2 Å². The maximum Gasteiger partial charge on any atom is 0.173 e. The van der Waals surface area contributed by atoms with Crippen LogP contribution >= 0.6 is 45.2 Å². The van der Waals surface area contributed by atoms with E-state index in [1.54, 1.807) is 0 Å². The second-order valence-corrected chi connectivity index (χ2v) is 8.08. The highest BCUT2D eigenvalue weighted by Gasteiger charge is 2.39. The van der Waals surface area contributed by atoms with Crippen LogP contribution in [0.2, 0.25) is 0 Å². The Bertz CT molecular complexity index is 900. The fraction of sp³-hybridized carbons (Fsp3) is 0.0455. The molecule has 4 heteroatoms. The molecule has 0 fully saturated rings. The Morgan fingerprint density at radius 2 is 1.00 bits per heavy atom. The monoisotopic (exact) mass is 562 g/mol. The molecule has 0 amide bonds. The molecular formula is C22H16I2N2. The van der Waals surface area contributed by atoms with E-state index >= 15 is 0 Å². The van der Waals surface area contributed by atoms with E-state index in [1.165, 1.54) is 16.7 Å². The molecule has 0 radical (unpaired) electrons. The van der Waals surface area contributed by atoms with Gasteiger partial charge in [0.05, 0.1) is 0 Å². The third-order valence-electron chi connectivity index (χ3n) is 4.57. The standard InChI is InChI=1S/C22H16I2N2/c23-20-16-26(21(24)25-20)22(17-10-4-1-5-11-17,18-12-6-2-7-13-18)19-14-8-3-9-15-19/h1-16H. The highest BCUT2D eigenvalue weighted by molar-refractivity contribution is 14.1. The summed E-state index contributed by atoms with van der Waals surface area (Å²) < 4.78 is 4.23. The summed E-state index contributed by atoms with van der Waals surface area (Å²) in [5.74, 6) is 0. The lowest BCUT2D eigenvalue weighted by Gasteiger charge is -2.37. The molecule has 2 nitrogen and oxygen atoms in total. The van der Waals surface area contributed by atoms with Crippen LogP contribution in [0.1, 0.15) is 16.7 Å². The molecule has 0 unspecified atom stereocenters. The van der Waals surface area contributed by atoms with Gasteiger partial charge in [0.2, 0.25) is 0 Å². The molecule has 0 atom stereocenters. The van der Waals surface area contributed by atoms with Gasteiger partial charge in [-0.1, -0.05) is 91.0 Å². The normalized spacial score (nSPS) is 11.5. The first kappa shape index (κ1) is 17.7. The molecule has 128 valence electrons. The molecule has 0 aliphatic rings. The van der Waals surface area contributed by atoms with Gasteiger partial charge in [-0.2, -0.15) is 0 Å². The number of halogens is 2. The molecule has 1 heterocycles. The van der Waals surface area contributed by atoms with E-state index in [0.29, 0.717) is 0 Å². The summed E-state index contributed by atoms with van der Waals surface area (Å²) in [5.41, 5.74) is 3.16. The Balaban J connectivity index is 2.16. The first-order chi connectivity index (χ1) is 12.7. The quantitative estimate of drug-likeness (QED) is 0.223. The number of rotatable bonds is 4. The van der Waals surface area contributed by atoms with Crippen molar-refractivity contribution in [3.05, 3.63) is 121 Å². The Labute approximate surface area is 180 Å². The fourth-order valence-corrected chi connectivity index (χ4v) is 5.25. The van der Waals surface area contributed by atoms with E-state index in [2.05, 4.69) is 152 Å². The Morgan fingerprint density at radius 1 is 0.615 bits per heavy atom. The molecule has 0 aliphatic heterocycles. The van der Waals surface area contributed by atoms with E-state index < -0.39 is 5.54 Å². The van der Waals surface area contributed by atoms with Crippen molar-refractivity contribution in [2.24, 2.45) is 0 Å². The van der Waals surface area contributed by atoms with E-state index in [-0.39, 0.29) is 0 Å². The van der Waals surface area contributed by atoms with Crippen LogP contribution in [-0.2, 0) is 5.54 Å². The van der Waals surface area contributed by atoms with Gasteiger partial charge in [0, 0.05) is 28.8 Å². The minimum Gasteiger partial charge on any atom is -0.307 e. The molecule has 4 rings (SSSR count). The van der Waals surface area contributed by atoms with Crippen LogP contribution in [0.4, 0.5) is 0 Å². The average molecular weight is 562 g/mol. The summed E-state index contributed by atoms with van der Waals surface area (Å²) in [6.45, 7) is 0. The first-order valence-corrected chi connectivity index (χ1v) is 10.5. The predicted molar refractivity (Wildman–Crippen MR) is 122 cm³/mol. The molecule has 0 saturated carbocycles. The van der Waals surface area contributed by atoms with Crippen LogP contribution in [-0.4, -0.2) is 9.55 Å². The Hall–Kier alpha value is -1.67. The molecule has 0 spiro atoms. The van der Waals surface area contributed by atoms with Crippen LogP contribution < -0.4 is 0 Å². The summed E-state index contributed by atoms with van der Waals surface area (Å²) in [4.78, 5) is 4.69. The number of aromatic nitrogens is 2. The number of hydrogen-bond acceptors (Lipinski definition) is 1. The Kier molecular flexibility index (Phi) is 5.13. The second-order valence-electron chi connectivity index (χ2n) is 6.01. The predicted octanol–water partition coefficient (Wildman–Crippen LogP) is 5.93. The summed E-state index contributed by atoms with van der Waals surface area (Å²) in [7, 11) is 0. The molecule has 1 aromatic heterocycles. The van der Waals surface area contributed by atoms with Gasteiger partial charge in [0.25, 0.3) is 0 Å². The minimum absolute atomic E-state index is 0.475. The zero-order valence-corrected chi connectivity index (χ0v) is 18.2. The number of hydrogen-bond donors (Lipinski definition) is 0. The van der Waals surface area contributed by atoms with Crippen molar-refractivity contribution in [3.8, 4) is 0 Å². The fourth-order valence-electron chi connectivity index (χ4n) is 3.52. The van der Waals surface area contributed by atoms with Crippen molar-refractivity contribution in [1.82, 2.24) is 9.55 Å². The SMILES string of the molecule is Ic1cn(C(c2ccccc2)(c2ccccc2)c2ccccc2)c(I)n1. The van der Waals surface area contributed by atoms with Gasteiger partial charge in [-0.05, 0) is 39.3 Å². The van der Waals surface area contributed by atoms with Crippen LogP contribution in [0.5, 0.6) is 0 Å². The molecule has 4 aromatic rings. The zero-order valence-electron chi connectivity index (χ0n) is 13.9. The van der Waals surface area contributed by atoms with Gasteiger partial charge < -0.3 is 4.57 Å². The number of imidazole rings is 1. The van der Waals surface area contributed by atoms with Crippen molar-refractivity contribution < 1.29 is 0 Å². The van der Waals surface area contributed by atoms with Crippen LogP contribution in [0.25, 0.3) is 0 Å². The molecule has 0 N–H and O–H groups in total. The smallest absolute Gasteiger partial charge is 0.173 e. The van der Waals surface area contributed by atoms with E-state index in [9.17, 15) is 0 Å². The molecular weight excluding hydrogens is 546 g/mol. The lowest BCUT2D eigenvalue weighted by atomic mass is 9.77. The molecule has 0 bridgehead atoms. The van der Waals surface area contributed by atoms with Gasteiger partial charge in [-0.15, -0.1) is 0 Å². The summed E-state index contributed by atoms with van der Waals surface area (Å²) in [6.07, 6.45) is 2.13. The van der Waals surface area contributed by atoms with Crippen LogP contribution in [0.3, 0.4) is 0 Å². The second kappa shape index (κ2) is 7.52. The van der Waals surface area contributed by atoms with Crippen molar-refractivity contribution >= 4 is 45.2 Å². The highest BCUT2D eigenvalue weighted by Crippen LogP contribution is 2.41. The zero-order chi connectivity index (χ0) is 18.0. The topological polar surface area (TPSA) is 17.8 Å². The van der Waals surface area contributed by atoms with Gasteiger partial charge in [-0.25, -0.2) is 4.98 Å². The summed E-state index contributed by atoms with van der Waals surface area (Å²) >= 11 is 4.62. The van der Waals surface area contributed by atoms with Gasteiger partial charge in [0.15, 0.2) is 3.83 Å². The third kappa shape index (κ3) is 2.99. The van der Waals surface area contributed by atoms with Crippen LogP contribution in [0, 0.1) is 7.53 Å². The van der Waals surface area contributed by atoms with Gasteiger partial charge in [0.1, 0.15) is 9.24 Å². The van der Waals surface area contributed by atoms with Crippen molar-refractivity contribution in [3.63, 3.8) is 0 Å². The average Bonchev–Trinajstić information content (AvgIpc) is 3.03. The maximum atomic E-state index is 4.69. The third-order valence-corrected chi connectivity index (χ3v) is 5.85. The largest absolute Gasteiger partial charge is 0.307 e. The van der Waals surface area contributed by atoms with Crippen molar-refractivity contribution in [2.75, 3.05) is 0 Å².